The molecule has 0 heterocycles. The Labute approximate surface area is 116 Å². The fraction of sp³-hybridized carbons (Fsp3) is 0.200. The molecule has 100 valence electrons. The van der Waals surface area contributed by atoms with Gasteiger partial charge in [0.05, 0.1) is 5.02 Å². The van der Waals surface area contributed by atoms with Crippen LogP contribution in [0.2, 0.25) is 5.02 Å². The third-order valence-corrected chi connectivity index (χ3v) is 3.31. The first kappa shape index (κ1) is 14.0. The minimum absolute atomic E-state index is 0.0504. The molecule has 0 amide bonds. The minimum atomic E-state index is -0.604. The Morgan fingerprint density at radius 1 is 1.21 bits per heavy atom. The number of hydrogen-bond donors (Lipinski definition) is 1. The van der Waals surface area contributed by atoms with Crippen molar-refractivity contribution in [3.05, 3.63) is 69.7 Å². The van der Waals surface area contributed by atoms with Gasteiger partial charge in [0.2, 0.25) is 0 Å². The van der Waals surface area contributed by atoms with Gasteiger partial charge in [-0.1, -0.05) is 41.4 Å². The first-order chi connectivity index (χ1) is 8.99. The number of nitrogens with two attached hydrogens (primary N) is 1. The Kier molecular flexibility index (Phi) is 4.17. The van der Waals surface area contributed by atoms with E-state index in [2.05, 4.69) is 0 Å². The third-order valence-electron chi connectivity index (χ3n) is 3.02. The molecule has 0 spiro atoms. The number of aryl methyl sites for hydroxylation is 1. The predicted octanol–water partition coefficient (Wildman–Crippen LogP) is 4.17. The van der Waals surface area contributed by atoms with Crippen molar-refractivity contribution in [1.82, 2.24) is 0 Å². The summed E-state index contributed by atoms with van der Waals surface area (Å²) in [4.78, 5) is 0. The normalized spacial score (nSPS) is 12.5. The third kappa shape index (κ3) is 3.11. The summed E-state index contributed by atoms with van der Waals surface area (Å²) in [6.45, 7) is 1.86. The molecular weight excluding hydrogens is 268 g/mol. The van der Waals surface area contributed by atoms with Crippen molar-refractivity contribution < 1.29 is 8.78 Å². The van der Waals surface area contributed by atoms with Crippen LogP contribution in [0.3, 0.4) is 0 Å². The van der Waals surface area contributed by atoms with E-state index in [9.17, 15) is 8.78 Å². The second-order valence-electron chi connectivity index (χ2n) is 4.55. The second-order valence-corrected chi connectivity index (χ2v) is 4.96. The molecule has 19 heavy (non-hydrogen) atoms. The molecule has 2 rings (SSSR count). The van der Waals surface area contributed by atoms with Gasteiger partial charge < -0.3 is 5.73 Å². The molecule has 2 aromatic carbocycles. The van der Waals surface area contributed by atoms with E-state index in [1.54, 1.807) is 24.3 Å². The summed E-state index contributed by atoms with van der Waals surface area (Å²) >= 11 is 5.71. The van der Waals surface area contributed by atoms with Gasteiger partial charge in [0.1, 0.15) is 11.6 Å². The maximum Gasteiger partial charge on any atom is 0.145 e. The standard InChI is InChI=1S/C15H14ClF2N/c1-9-5-6-13(17)11(7-9)14(19)8-10-3-2-4-12(16)15(10)18/h2-7,14H,8,19H2,1H3. The first-order valence-corrected chi connectivity index (χ1v) is 6.31. The Hall–Kier alpha value is -1.45. The van der Waals surface area contributed by atoms with Gasteiger partial charge >= 0.3 is 0 Å². The second kappa shape index (κ2) is 5.68. The summed E-state index contributed by atoms with van der Waals surface area (Å²) in [6, 6.07) is 8.86. The molecular formula is C15H14ClF2N. The molecule has 0 saturated carbocycles. The molecule has 2 N–H and O–H groups in total. The maximum absolute atomic E-state index is 13.8. The van der Waals surface area contributed by atoms with Crippen molar-refractivity contribution in [3.63, 3.8) is 0 Å². The zero-order valence-corrected chi connectivity index (χ0v) is 11.2. The minimum Gasteiger partial charge on any atom is -0.324 e. The Balaban J connectivity index is 2.28. The molecule has 2 aromatic rings. The highest BCUT2D eigenvalue weighted by Gasteiger charge is 2.15. The lowest BCUT2D eigenvalue weighted by Crippen LogP contribution is -2.16. The highest BCUT2D eigenvalue weighted by atomic mass is 35.5. The zero-order chi connectivity index (χ0) is 14.0. The van der Waals surface area contributed by atoms with E-state index in [4.69, 9.17) is 17.3 Å². The van der Waals surface area contributed by atoms with Gasteiger partial charge in [0.25, 0.3) is 0 Å². The molecule has 0 aliphatic heterocycles. The van der Waals surface area contributed by atoms with E-state index >= 15 is 0 Å². The topological polar surface area (TPSA) is 26.0 Å². The fourth-order valence-corrected chi connectivity index (χ4v) is 2.19. The average molecular weight is 282 g/mol. The van der Waals surface area contributed by atoms with Crippen LogP contribution in [-0.4, -0.2) is 0 Å². The largest absolute Gasteiger partial charge is 0.324 e. The van der Waals surface area contributed by atoms with E-state index in [0.717, 1.165) is 5.56 Å². The van der Waals surface area contributed by atoms with E-state index in [-0.39, 0.29) is 17.3 Å². The molecule has 1 unspecified atom stereocenters. The number of rotatable bonds is 3. The van der Waals surface area contributed by atoms with Crippen LogP contribution in [-0.2, 0) is 6.42 Å². The molecule has 1 nitrogen and oxygen atoms in total. The van der Waals surface area contributed by atoms with Crippen LogP contribution in [0.1, 0.15) is 22.7 Å². The molecule has 4 heteroatoms. The summed E-state index contributed by atoms with van der Waals surface area (Å²) in [5.41, 5.74) is 7.66. The summed E-state index contributed by atoms with van der Waals surface area (Å²) in [7, 11) is 0. The molecule has 0 aromatic heterocycles. The Morgan fingerprint density at radius 2 is 1.95 bits per heavy atom. The van der Waals surface area contributed by atoms with Gasteiger partial charge in [0.15, 0.2) is 0 Å². The monoisotopic (exact) mass is 281 g/mol. The number of benzene rings is 2. The number of hydrogen-bond acceptors (Lipinski definition) is 1. The molecule has 0 aliphatic carbocycles. The number of halogens is 3. The summed E-state index contributed by atoms with van der Waals surface area (Å²) in [5.74, 6) is -0.867. The van der Waals surface area contributed by atoms with Crippen LogP contribution < -0.4 is 5.73 Å². The van der Waals surface area contributed by atoms with E-state index < -0.39 is 11.9 Å². The summed E-state index contributed by atoms with van der Waals surface area (Å²) in [5, 5.41) is 0.0504. The van der Waals surface area contributed by atoms with Gasteiger partial charge in [0, 0.05) is 11.6 Å². The molecule has 0 bridgehead atoms. The SMILES string of the molecule is Cc1ccc(F)c(C(N)Cc2cccc(Cl)c2F)c1. The molecule has 1 atom stereocenters. The molecule has 0 saturated heterocycles. The lowest BCUT2D eigenvalue weighted by molar-refractivity contribution is 0.563. The van der Waals surface area contributed by atoms with E-state index in [1.807, 2.05) is 6.92 Å². The van der Waals surface area contributed by atoms with E-state index in [0.29, 0.717) is 11.1 Å². The zero-order valence-electron chi connectivity index (χ0n) is 10.5. The van der Waals surface area contributed by atoms with Crippen LogP contribution in [0.5, 0.6) is 0 Å². The Morgan fingerprint density at radius 3 is 2.68 bits per heavy atom. The lowest BCUT2D eigenvalue weighted by Gasteiger charge is -2.14. The van der Waals surface area contributed by atoms with Crippen molar-refractivity contribution in [3.8, 4) is 0 Å². The predicted molar refractivity (Wildman–Crippen MR) is 73.2 cm³/mol. The highest BCUT2D eigenvalue weighted by Crippen LogP contribution is 2.24. The van der Waals surface area contributed by atoms with Gasteiger partial charge in [-0.15, -0.1) is 0 Å². The van der Waals surface area contributed by atoms with Crippen LogP contribution in [0, 0.1) is 18.6 Å². The van der Waals surface area contributed by atoms with Crippen molar-refractivity contribution in [2.75, 3.05) is 0 Å². The van der Waals surface area contributed by atoms with Gasteiger partial charge in [-0.25, -0.2) is 8.78 Å². The van der Waals surface area contributed by atoms with Crippen LogP contribution >= 0.6 is 11.6 Å². The van der Waals surface area contributed by atoms with Crippen LogP contribution in [0.25, 0.3) is 0 Å². The maximum atomic E-state index is 13.8. The highest BCUT2D eigenvalue weighted by molar-refractivity contribution is 6.30. The summed E-state index contributed by atoms with van der Waals surface area (Å²) < 4.78 is 27.5. The first-order valence-electron chi connectivity index (χ1n) is 5.93. The fourth-order valence-electron chi connectivity index (χ4n) is 2.00. The van der Waals surface area contributed by atoms with Crippen molar-refractivity contribution in [2.45, 2.75) is 19.4 Å². The van der Waals surface area contributed by atoms with Crippen LogP contribution in [0.4, 0.5) is 8.78 Å². The molecule has 0 radical (unpaired) electrons. The summed E-state index contributed by atoms with van der Waals surface area (Å²) in [6.07, 6.45) is 0.201. The van der Waals surface area contributed by atoms with Crippen molar-refractivity contribution >= 4 is 11.6 Å². The Bertz CT molecular complexity index is 599. The van der Waals surface area contributed by atoms with Gasteiger partial charge in [-0.3, -0.25) is 0 Å². The van der Waals surface area contributed by atoms with Crippen LogP contribution in [0.15, 0.2) is 36.4 Å². The molecule has 0 fully saturated rings. The lowest BCUT2D eigenvalue weighted by atomic mass is 9.97. The molecule has 0 aliphatic rings. The smallest absolute Gasteiger partial charge is 0.145 e. The average Bonchev–Trinajstić information content (AvgIpc) is 2.38. The van der Waals surface area contributed by atoms with E-state index in [1.165, 1.54) is 12.1 Å². The van der Waals surface area contributed by atoms with Crippen molar-refractivity contribution in [2.24, 2.45) is 5.73 Å². The quantitative estimate of drug-likeness (QED) is 0.898. The van der Waals surface area contributed by atoms with Gasteiger partial charge in [-0.2, -0.15) is 0 Å². The van der Waals surface area contributed by atoms with Crippen molar-refractivity contribution in [1.29, 1.82) is 0 Å². The van der Waals surface area contributed by atoms with Gasteiger partial charge in [-0.05, 0) is 31.0 Å².